The number of anilines is 1. The number of nitrogen functional groups attached to an aromatic ring is 1. The molecule has 0 saturated heterocycles. The number of hydrogen-bond acceptors (Lipinski definition) is 1. The summed E-state index contributed by atoms with van der Waals surface area (Å²) in [6.07, 6.45) is 2.16. The van der Waals surface area contributed by atoms with Crippen LogP contribution in [0.2, 0.25) is 10.0 Å². The molecule has 0 bridgehead atoms. The largest absolute Gasteiger partial charge is 0.399 e. The molecule has 0 radical (unpaired) electrons. The Kier molecular flexibility index (Phi) is 3.99. The fourth-order valence-electron chi connectivity index (χ4n) is 3.61. The molecule has 0 heterocycles. The topological polar surface area (TPSA) is 26.0 Å². The molecule has 2 N–H and O–H groups in total. The third-order valence-electron chi connectivity index (χ3n) is 4.78. The molecule has 1 unspecified atom stereocenters. The van der Waals surface area contributed by atoms with Gasteiger partial charge in [-0.2, -0.15) is 0 Å². The summed E-state index contributed by atoms with van der Waals surface area (Å²) >= 11 is 12.5. The zero-order valence-corrected chi connectivity index (χ0v) is 14.6. The third-order valence-corrected chi connectivity index (χ3v) is 5.34. The summed E-state index contributed by atoms with van der Waals surface area (Å²) in [4.78, 5) is 0. The third kappa shape index (κ3) is 2.79. The first-order valence-corrected chi connectivity index (χ1v) is 8.81. The number of aryl methyl sites for hydroxylation is 1. The Hall–Kier alpha value is -1.96. The van der Waals surface area contributed by atoms with Gasteiger partial charge in [0.2, 0.25) is 0 Å². The zero-order chi connectivity index (χ0) is 16.7. The van der Waals surface area contributed by atoms with E-state index in [4.69, 9.17) is 28.9 Å². The van der Waals surface area contributed by atoms with E-state index in [1.165, 1.54) is 16.7 Å². The van der Waals surface area contributed by atoms with E-state index in [9.17, 15) is 0 Å². The molecule has 3 aromatic carbocycles. The molecule has 0 fully saturated rings. The van der Waals surface area contributed by atoms with Gasteiger partial charge in [-0.15, -0.1) is 0 Å². The maximum absolute atomic E-state index is 6.45. The SMILES string of the molecule is Nc1cccc(-c2ccc3c(c2)C(c2ccc(Cl)cc2Cl)CC3)c1. The van der Waals surface area contributed by atoms with Gasteiger partial charge in [0.25, 0.3) is 0 Å². The van der Waals surface area contributed by atoms with Crippen molar-refractivity contribution in [3.63, 3.8) is 0 Å². The van der Waals surface area contributed by atoms with Crippen LogP contribution in [0.3, 0.4) is 0 Å². The summed E-state index contributed by atoms with van der Waals surface area (Å²) in [6, 6.07) is 20.5. The van der Waals surface area contributed by atoms with Gasteiger partial charge in [-0.25, -0.2) is 0 Å². The highest BCUT2D eigenvalue weighted by molar-refractivity contribution is 6.35. The Morgan fingerprint density at radius 2 is 1.67 bits per heavy atom. The molecule has 1 nitrogen and oxygen atoms in total. The average Bonchev–Trinajstić information content (AvgIpc) is 2.98. The van der Waals surface area contributed by atoms with Crippen LogP contribution in [-0.4, -0.2) is 0 Å². The molecule has 1 atom stereocenters. The van der Waals surface area contributed by atoms with E-state index in [-0.39, 0.29) is 0 Å². The first-order chi connectivity index (χ1) is 11.6. The number of fused-ring (bicyclic) bond motifs is 1. The van der Waals surface area contributed by atoms with E-state index in [2.05, 4.69) is 30.3 Å². The van der Waals surface area contributed by atoms with Crippen molar-refractivity contribution in [2.45, 2.75) is 18.8 Å². The van der Waals surface area contributed by atoms with Crippen LogP contribution >= 0.6 is 23.2 Å². The first-order valence-electron chi connectivity index (χ1n) is 8.05. The zero-order valence-electron chi connectivity index (χ0n) is 13.1. The lowest BCUT2D eigenvalue weighted by molar-refractivity contribution is 0.788. The van der Waals surface area contributed by atoms with E-state index in [1.54, 1.807) is 0 Å². The first kappa shape index (κ1) is 15.6. The number of rotatable bonds is 2. The summed E-state index contributed by atoms with van der Waals surface area (Å²) in [5, 5.41) is 1.42. The molecular weight excluding hydrogens is 337 g/mol. The summed E-state index contributed by atoms with van der Waals surface area (Å²) in [6.45, 7) is 0. The standard InChI is InChI=1S/C21H17Cl2N/c22-16-7-9-19(21(23)12-16)18-8-6-13-4-5-15(11-20(13)18)14-2-1-3-17(24)10-14/h1-5,7,9-12,18H,6,8,24H2. The lowest BCUT2D eigenvalue weighted by atomic mass is 9.91. The van der Waals surface area contributed by atoms with E-state index in [0.717, 1.165) is 34.7 Å². The molecule has 0 aromatic heterocycles. The minimum atomic E-state index is 0.325. The van der Waals surface area contributed by atoms with Crippen LogP contribution < -0.4 is 5.73 Å². The van der Waals surface area contributed by atoms with Crippen LogP contribution in [0.15, 0.2) is 60.7 Å². The molecule has 1 aliphatic carbocycles. The molecule has 3 heteroatoms. The van der Waals surface area contributed by atoms with Gasteiger partial charge >= 0.3 is 0 Å². The van der Waals surface area contributed by atoms with Crippen LogP contribution in [-0.2, 0) is 6.42 Å². The summed E-state index contributed by atoms with van der Waals surface area (Å²) in [7, 11) is 0. The van der Waals surface area contributed by atoms with Crippen molar-refractivity contribution >= 4 is 28.9 Å². The lowest BCUT2D eigenvalue weighted by Gasteiger charge is -2.15. The second-order valence-electron chi connectivity index (χ2n) is 6.30. The fraction of sp³-hybridized carbons (Fsp3) is 0.143. The van der Waals surface area contributed by atoms with Crippen LogP contribution in [0, 0.1) is 0 Å². The number of halogens is 2. The molecule has 120 valence electrons. The van der Waals surface area contributed by atoms with Crippen LogP contribution in [0.1, 0.15) is 29.0 Å². The van der Waals surface area contributed by atoms with Gasteiger partial charge in [0.05, 0.1) is 0 Å². The Labute approximate surface area is 152 Å². The van der Waals surface area contributed by atoms with E-state index >= 15 is 0 Å². The molecule has 1 aliphatic rings. The molecule has 24 heavy (non-hydrogen) atoms. The summed E-state index contributed by atoms with van der Waals surface area (Å²) in [5.41, 5.74) is 13.0. The average molecular weight is 354 g/mol. The minimum absolute atomic E-state index is 0.325. The molecule has 4 rings (SSSR count). The number of benzene rings is 3. The molecule has 0 aliphatic heterocycles. The van der Waals surface area contributed by atoms with Crippen LogP contribution in [0.5, 0.6) is 0 Å². The highest BCUT2D eigenvalue weighted by Gasteiger charge is 2.26. The van der Waals surface area contributed by atoms with Gasteiger partial charge in [0.15, 0.2) is 0 Å². The lowest BCUT2D eigenvalue weighted by Crippen LogP contribution is -1.98. The van der Waals surface area contributed by atoms with Crippen molar-refractivity contribution in [2.24, 2.45) is 0 Å². The van der Waals surface area contributed by atoms with Gasteiger partial charge in [-0.3, -0.25) is 0 Å². The highest BCUT2D eigenvalue weighted by Crippen LogP contribution is 2.42. The van der Waals surface area contributed by atoms with Crippen molar-refractivity contribution < 1.29 is 0 Å². The summed E-state index contributed by atoms with van der Waals surface area (Å²) < 4.78 is 0. The quantitative estimate of drug-likeness (QED) is 0.535. The van der Waals surface area contributed by atoms with Gasteiger partial charge in [0, 0.05) is 21.7 Å². The van der Waals surface area contributed by atoms with Crippen molar-refractivity contribution in [1.82, 2.24) is 0 Å². The molecule has 0 spiro atoms. The Bertz CT molecular complexity index is 917. The summed E-state index contributed by atoms with van der Waals surface area (Å²) in [5.74, 6) is 0.325. The van der Waals surface area contributed by atoms with Gasteiger partial charge in [-0.05, 0) is 64.9 Å². The van der Waals surface area contributed by atoms with Crippen LogP contribution in [0.4, 0.5) is 5.69 Å². The maximum Gasteiger partial charge on any atom is 0.0459 e. The monoisotopic (exact) mass is 353 g/mol. The van der Waals surface area contributed by atoms with Gasteiger partial charge in [-0.1, -0.05) is 59.6 Å². The minimum Gasteiger partial charge on any atom is -0.399 e. The Balaban J connectivity index is 1.78. The van der Waals surface area contributed by atoms with Crippen molar-refractivity contribution in [1.29, 1.82) is 0 Å². The van der Waals surface area contributed by atoms with E-state index < -0.39 is 0 Å². The molecule has 0 amide bonds. The maximum atomic E-state index is 6.45. The Morgan fingerprint density at radius 3 is 2.46 bits per heavy atom. The molecule has 3 aromatic rings. The predicted octanol–water partition coefficient (Wildman–Crippen LogP) is 6.32. The van der Waals surface area contributed by atoms with E-state index in [0.29, 0.717) is 10.9 Å². The predicted molar refractivity (Wildman–Crippen MR) is 103 cm³/mol. The number of nitrogens with two attached hydrogens (primary N) is 1. The second kappa shape index (κ2) is 6.16. The van der Waals surface area contributed by atoms with E-state index in [1.807, 2.05) is 30.3 Å². The van der Waals surface area contributed by atoms with Gasteiger partial charge in [0.1, 0.15) is 0 Å². The molecular formula is C21H17Cl2N. The Morgan fingerprint density at radius 1 is 0.833 bits per heavy atom. The van der Waals surface area contributed by atoms with Crippen molar-refractivity contribution in [2.75, 3.05) is 5.73 Å². The highest BCUT2D eigenvalue weighted by atomic mass is 35.5. The second-order valence-corrected chi connectivity index (χ2v) is 7.14. The van der Waals surface area contributed by atoms with Crippen LogP contribution in [0.25, 0.3) is 11.1 Å². The van der Waals surface area contributed by atoms with Gasteiger partial charge < -0.3 is 5.73 Å². The van der Waals surface area contributed by atoms with Crippen molar-refractivity contribution in [3.05, 3.63) is 87.4 Å². The molecule has 0 saturated carbocycles. The smallest absolute Gasteiger partial charge is 0.0459 e. The number of hydrogen-bond donors (Lipinski definition) is 1. The fourth-order valence-corrected chi connectivity index (χ4v) is 4.15. The normalized spacial score (nSPS) is 16.2. The van der Waals surface area contributed by atoms with Crippen molar-refractivity contribution in [3.8, 4) is 11.1 Å².